The Kier molecular flexibility index (Phi) is 3.84. The number of halogens is 2. The smallest absolute Gasteiger partial charge is 0.253 e. The zero-order valence-electron chi connectivity index (χ0n) is 10.5. The number of anilines is 2. The van der Waals surface area contributed by atoms with E-state index in [0.29, 0.717) is 5.69 Å². The number of carbonyl (C=O) groups is 1. The number of hydrogen-bond donors (Lipinski definition) is 3. The van der Waals surface area contributed by atoms with Gasteiger partial charge in [-0.05, 0) is 24.3 Å². The van der Waals surface area contributed by atoms with Gasteiger partial charge in [0, 0.05) is 29.5 Å². The molecule has 2 rings (SSSR count). The van der Waals surface area contributed by atoms with E-state index < -0.39 is 17.5 Å². The standard InChI is InChI=1S/C14H13F2N3O/c15-9-2-1-8(12(16)5-9)7-19-14(20)11-4-3-10(17)6-13(11)18/h1-6H,7,17-18H2,(H,19,20). The molecule has 0 heterocycles. The second-order valence-electron chi connectivity index (χ2n) is 4.27. The monoisotopic (exact) mass is 277 g/mol. The predicted octanol–water partition coefficient (Wildman–Crippen LogP) is 2.06. The van der Waals surface area contributed by atoms with Crippen LogP contribution in [0, 0.1) is 11.6 Å². The maximum atomic E-state index is 13.4. The van der Waals surface area contributed by atoms with E-state index in [1.807, 2.05) is 0 Å². The fourth-order valence-electron chi connectivity index (χ4n) is 1.72. The Balaban J connectivity index is 2.08. The van der Waals surface area contributed by atoms with Crippen LogP contribution in [-0.4, -0.2) is 5.91 Å². The molecule has 0 bridgehead atoms. The summed E-state index contributed by atoms with van der Waals surface area (Å²) in [6, 6.07) is 7.66. The molecule has 20 heavy (non-hydrogen) atoms. The van der Waals surface area contributed by atoms with Gasteiger partial charge < -0.3 is 16.8 Å². The highest BCUT2D eigenvalue weighted by Gasteiger charge is 2.11. The van der Waals surface area contributed by atoms with E-state index >= 15 is 0 Å². The highest BCUT2D eigenvalue weighted by atomic mass is 19.1. The third kappa shape index (κ3) is 3.03. The molecule has 0 fully saturated rings. The Morgan fingerprint density at radius 2 is 1.85 bits per heavy atom. The van der Waals surface area contributed by atoms with Gasteiger partial charge in [0.15, 0.2) is 0 Å². The summed E-state index contributed by atoms with van der Waals surface area (Å²) in [5.41, 5.74) is 12.3. The zero-order valence-corrected chi connectivity index (χ0v) is 10.5. The molecule has 0 atom stereocenters. The number of carbonyl (C=O) groups excluding carboxylic acids is 1. The van der Waals surface area contributed by atoms with Crippen molar-refractivity contribution in [3.05, 3.63) is 59.2 Å². The fraction of sp³-hybridized carbons (Fsp3) is 0.0714. The molecule has 0 spiro atoms. The molecular formula is C14H13F2N3O. The van der Waals surface area contributed by atoms with Gasteiger partial charge in [-0.1, -0.05) is 6.07 Å². The van der Waals surface area contributed by atoms with Crippen LogP contribution in [0.1, 0.15) is 15.9 Å². The molecule has 0 aliphatic carbocycles. The van der Waals surface area contributed by atoms with Gasteiger partial charge in [0.2, 0.25) is 0 Å². The highest BCUT2D eigenvalue weighted by molar-refractivity contribution is 5.99. The number of benzene rings is 2. The Morgan fingerprint density at radius 1 is 1.10 bits per heavy atom. The van der Waals surface area contributed by atoms with Crippen molar-refractivity contribution in [1.82, 2.24) is 5.32 Å². The number of amides is 1. The summed E-state index contributed by atoms with van der Waals surface area (Å²) in [6.07, 6.45) is 0. The van der Waals surface area contributed by atoms with Gasteiger partial charge in [-0.3, -0.25) is 4.79 Å². The van der Waals surface area contributed by atoms with Crippen LogP contribution in [0.15, 0.2) is 36.4 Å². The van der Waals surface area contributed by atoms with Crippen molar-refractivity contribution in [3.63, 3.8) is 0 Å². The topological polar surface area (TPSA) is 81.1 Å². The van der Waals surface area contributed by atoms with Crippen LogP contribution in [0.3, 0.4) is 0 Å². The molecule has 2 aromatic rings. The summed E-state index contributed by atoms with van der Waals surface area (Å²) in [7, 11) is 0. The molecule has 0 saturated carbocycles. The van der Waals surface area contributed by atoms with Crippen LogP contribution in [0.2, 0.25) is 0 Å². The highest BCUT2D eigenvalue weighted by Crippen LogP contribution is 2.16. The first-order chi connectivity index (χ1) is 9.47. The molecule has 0 aliphatic heterocycles. The third-order valence-corrected chi connectivity index (χ3v) is 2.77. The lowest BCUT2D eigenvalue weighted by atomic mass is 10.1. The average molecular weight is 277 g/mol. The fourth-order valence-corrected chi connectivity index (χ4v) is 1.72. The molecular weight excluding hydrogens is 264 g/mol. The summed E-state index contributed by atoms with van der Waals surface area (Å²) < 4.78 is 26.1. The van der Waals surface area contributed by atoms with Crippen LogP contribution in [-0.2, 0) is 6.54 Å². The quantitative estimate of drug-likeness (QED) is 0.751. The number of nitrogens with two attached hydrogens (primary N) is 2. The number of nitrogen functional groups attached to an aromatic ring is 2. The molecule has 2 aromatic carbocycles. The van der Waals surface area contributed by atoms with Crippen LogP contribution in [0.25, 0.3) is 0 Å². The molecule has 6 heteroatoms. The van der Waals surface area contributed by atoms with Crippen molar-refractivity contribution in [2.24, 2.45) is 0 Å². The minimum atomic E-state index is -0.712. The van der Waals surface area contributed by atoms with Gasteiger partial charge in [-0.25, -0.2) is 8.78 Å². The molecule has 1 amide bonds. The minimum Gasteiger partial charge on any atom is -0.399 e. The SMILES string of the molecule is Nc1ccc(C(=O)NCc2ccc(F)cc2F)c(N)c1. The second-order valence-corrected chi connectivity index (χ2v) is 4.27. The first-order valence-electron chi connectivity index (χ1n) is 5.84. The van der Waals surface area contributed by atoms with Gasteiger partial charge >= 0.3 is 0 Å². The van der Waals surface area contributed by atoms with Crippen LogP contribution in [0.4, 0.5) is 20.2 Å². The number of rotatable bonds is 3. The van der Waals surface area contributed by atoms with E-state index in [-0.39, 0.29) is 23.4 Å². The predicted molar refractivity (Wildman–Crippen MR) is 72.8 cm³/mol. The van der Waals surface area contributed by atoms with Crippen molar-refractivity contribution in [3.8, 4) is 0 Å². The average Bonchev–Trinajstić information content (AvgIpc) is 2.37. The van der Waals surface area contributed by atoms with Crippen molar-refractivity contribution in [2.45, 2.75) is 6.54 Å². The van der Waals surface area contributed by atoms with E-state index in [1.165, 1.54) is 18.2 Å². The molecule has 0 unspecified atom stereocenters. The normalized spacial score (nSPS) is 10.3. The lowest BCUT2D eigenvalue weighted by Gasteiger charge is -2.09. The van der Waals surface area contributed by atoms with Gasteiger partial charge in [-0.15, -0.1) is 0 Å². The van der Waals surface area contributed by atoms with Crippen molar-refractivity contribution >= 4 is 17.3 Å². The summed E-state index contributed by atoms with van der Waals surface area (Å²) in [4.78, 5) is 11.9. The lowest BCUT2D eigenvalue weighted by Crippen LogP contribution is -2.24. The Hall–Kier alpha value is -2.63. The number of nitrogens with one attached hydrogen (secondary N) is 1. The van der Waals surface area contributed by atoms with Gasteiger partial charge in [0.1, 0.15) is 11.6 Å². The number of hydrogen-bond acceptors (Lipinski definition) is 3. The first kappa shape index (κ1) is 13.8. The Bertz CT molecular complexity index is 659. The van der Waals surface area contributed by atoms with Gasteiger partial charge in [0.25, 0.3) is 5.91 Å². The second kappa shape index (κ2) is 5.56. The Labute approximate surface area is 114 Å². The summed E-state index contributed by atoms with van der Waals surface area (Å²) in [5, 5.41) is 2.51. The lowest BCUT2D eigenvalue weighted by molar-refractivity contribution is 0.0951. The molecule has 0 radical (unpaired) electrons. The van der Waals surface area contributed by atoms with E-state index in [2.05, 4.69) is 5.32 Å². The largest absolute Gasteiger partial charge is 0.399 e. The van der Waals surface area contributed by atoms with Gasteiger partial charge in [-0.2, -0.15) is 0 Å². The first-order valence-corrected chi connectivity index (χ1v) is 5.84. The van der Waals surface area contributed by atoms with E-state index in [4.69, 9.17) is 11.5 Å². The molecule has 5 N–H and O–H groups in total. The van der Waals surface area contributed by atoms with E-state index in [1.54, 1.807) is 6.07 Å². The summed E-state index contributed by atoms with van der Waals surface area (Å²) in [6.45, 7) is -0.0608. The Morgan fingerprint density at radius 3 is 2.50 bits per heavy atom. The maximum Gasteiger partial charge on any atom is 0.253 e. The molecule has 0 saturated heterocycles. The molecule has 104 valence electrons. The maximum absolute atomic E-state index is 13.4. The van der Waals surface area contributed by atoms with E-state index in [0.717, 1.165) is 12.1 Å². The zero-order chi connectivity index (χ0) is 14.7. The van der Waals surface area contributed by atoms with Crippen LogP contribution >= 0.6 is 0 Å². The summed E-state index contributed by atoms with van der Waals surface area (Å²) in [5.74, 6) is -1.83. The van der Waals surface area contributed by atoms with Crippen molar-refractivity contribution < 1.29 is 13.6 Å². The minimum absolute atomic E-state index is 0.0608. The van der Waals surface area contributed by atoms with E-state index in [9.17, 15) is 13.6 Å². The molecule has 0 aromatic heterocycles. The van der Waals surface area contributed by atoms with Crippen molar-refractivity contribution in [1.29, 1.82) is 0 Å². The van der Waals surface area contributed by atoms with Crippen LogP contribution in [0.5, 0.6) is 0 Å². The van der Waals surface area contributed by atoms with Crippen molar-refractivity contribution in [2.75, 3.05) is 11.5 Å². The van der Waals surface area contributed by atoms with Crippen LogP contribution < -0.4 is 16.8 Å². The summed E-state index contributed by atoms with van der Waals surface area (Å²) >= 11 is 0. The molecule has 4 nitrogen and oxygen atoms in total. The molecule has 0 aliphatic rings. The third-order valence-electron chi connectivity index (χ3n) is 2.77. The van der Waals surface area contributed by atoms with Gasteiger partial charge in [0.05, 0.1) is 5.56 Å².